The van der Waals surface area contributed by atoms with Gasteiger partial charge in [0.15, 0.2) is 5.76 Å². The molecule has 0 aromatic carbocycles. The molecule has 0 aliphatic carbocycles. The molecule has 1 fully saturated rings. The number of hydrogen-bond acceptors (Lipinski definition) is 4. The Bertz CT molecular complexity index is 670. The number of amides is 2. The highest BCUT2D eigenvalue weighted by atomic mass is 32.1. The summed E-state index contributed by atoms with van der Waals surface area (Å²) in [6.45, 7) is 3.83. The van der Waals surface area contributed by atoms with Gasteiger partial charge in [-0.05, 0) is 48.9 Å². The molecule has 0 radical (unpaired) electrons. The number of furan rings is 1. The van der Waals surface area contributed by atoms with E-state index in [-0.39, 0.29) is 17.7 Å². The molecule has 1 saturated heterocycles. The average Bonchev–Trinajstić information content (AvgIpc) is 3.24. The molecule has 5 nitrogen and oxygen atoms in total. The molecule has 122 valence electrons. The molecule has 0 atom stereocenters. The second-order valence-electron chi connectivity index (χ2n) is 5.79. The highest BCUT2D eigenvalue weighted by molar-refractivity contribution is 7.10. The molecule has 1 aliphatic rings. The fraction of sp³-hybridized carbons (Fsp3) is 0.412. The van der Waals surface area contributed by atoms with Crippen LogP contribution in [0.25, 0.3) is 0 Å². The lowest BCUT2D eigenvalue weighted by Crippen LogP contribution is -2.42. The van der Waals surface area contributed by atoms with E-state index in [0.717, 1.165) is 0 Å². The van der Waals surface area contributed by atoms with Gasteiger partial charge in [0.2, 0.25) is 5.91 Å². The molecule has 2 amide bonds. The lowest BCUT2D eigenvalue weighted by molar-refractivity contribution is -0.126. The summed E-state index contributed by atoms with van der Waals surface area (Å²) in [7, 11) is 0. The van der Waals surface area contributed by atoms with Crippen molar-refractivity contribution in [2.45, 2.75) is 26.3 Å². The minimum Gasteiger partial charge on any atom is -0.459 e. The molecular formula is C17H20N2O3S. The third kappa shape index (κ3) is 3.64. The summed E-state index contributed by atoms with van der Waals surface area (Å²) >= 11 is 1.66. The van der Waals surface area contributed by atoms with Gasteiger partial charge in [-0.15, -0.1) is 11.3 Å². The van der Waals surface area contributed by atoms with Crippen molar-refractivity contribution in [1.29, 1.82) is 0 Å². The summed E-state index contributed by atoms with van der Waals surface area (Å²) in [6.07, 6.45) is 2.89. The van der Waals surface area contributed by atoms with E-state index in [4.69, 9.17) is 4.42 Å². The van der Waals surface area contributed by atoms with E-state index in [1.807, 2.05) is 5.38 Å². The Morgan fingerprint density at radius 2 is 2.13 bits per heavy atom. The van der Waals surface area contributed by atoms with E-state index in [9.17, 15) is 9.59 Å². The van der Waals surface area contributed by atoms with Gasteiger partial charge in [0.05, 0.1) is 12.8 Å². The van der Waals surface area contributed by atoms with E-state index >= 15 is 0 Å². The van der Waals surface area contributed by atoms with Crippen LogP contribution in [-0.4, -0.2) is 29.8 Å². The largest absolute Gasteiger partial charge is 0.459 e. The van der Waals surface area contributed by atoms with Gasteiger partial charge in [-0.3, -0.25) is 9.59 Å². The number of carbonyl (C=O) groups is 2. The maximum Gasteiger partial charge on any atom is 0.289 e. The molecule has 0 saturated carbocycles. The van der Waals surface area contributed by atoms with Crippen molar-refractivity contribution in [2.24, 2.45) is 5.92 Å². The number of hydrogen-bond donors (Lipinski definition) is 1. The first-order valence-corrected chi connectivity index (χ1v) is 8.66. The van der Waals surface area contributed by atoms with E-state index in [1.165, 1.54) is 16.7 Å². The lowest BCUT2D eigenvalue weighted by Gasteiger charge is -2.30. The number of aryl methyl sites for hydroxylation is 1. The van der Waals surface area contributed by atoms with Gasteiger partial charge in [-0.25, -0.2) is 0 Å². The van der Waals surface area contributed by atoms with Gasteiger partial charge in [-0.1, -0.05) is 0 Å². The zero-order valence-corrected chi connectivity index (χ0v) is 13.9. The van der Waals surface area contributed by atoms with Crippen molar-refractivity contribution < 1.29 is 14.0 Å². The van der Waals surface area contributed by atoms with Crippen molar-refractivity contribution in [2.75, 3.05) is 13.1 Å². The topological polar surface area (TPSA) is 62.6 Å². The summed E-state index contributed by atoms with van der Waals surface area (Å²) in [5, 5.41) is 5.05. The molecule has 2 aromatic heterocycles. The highest BCUT2D eigenvalue weighted by Gasteiger charge is 2.28. The number of piperidine rings is 1. The number of nitrogens with one attached hydrogen (secondary N) is 1. The molecule has 2 aromatic rings. The van der Waals surface area contributed by atoms with Gasteiger partial charge < -0.3 is 14.6 Å². The summed E-state index contributed by atoms with van der Waals surface area (Å²) in [4.78, 5) is 27.4. The standard InChI is InChI=1S/C17H20N2O3S/c1-12-6-10-23-15(12)11-18-16(20)13-4-7-19(8-5-13)17(21)14-3-2-9-22-14/h2-3,6,9-10,13H,4-5,7-8,11H2,1H3,(H,18,20). The maximum absolute atomic E-state index is 12.3. The molecule has 1 N–H and O–H groups in total. The van der Waals surface area contributed by atoms with Crippen LogP contribution < -0.4 is 5.32 Å². The fourth-order valence-electron chi connectivity index (χ4n) is 2.80. The second-order valence-corrected chi connectivity index (χ2v) is 6.79. The minimum atomic E-state index is -0.0944. The van der Waals surface area contributed by atoms with Crippen LogP contribution in [0.5, 0.6) is 0 Å². The zero-order chi connectivity index (χ0) is 16.2. The van der Waals surface area contributed by atoms with Crippen molar-refractivity contribution in [3.8, 4) is 0 Å². The van der Waals surface area contributed by atoms with Crippen molar-refractivity contribution in [3.05, 3.63) is 46.0 Å². The van der Waals surface area contributed by atoms with Gasteiger partial charge >= 0.3 is 0 Å². The third-order valence-electron chi connectivity index (χ3n) is 4.28. The van der Waals surface area contributed by atoms with Crippen LogP contribution in [-0.2, 0) is 11.3 Å². The molecular weight excluding hydrogens is 312 g/mol. The minimum absolute atomic E-state index is 0.0177. The Balaban J connectivity index is 1.47. The van der Waals surface area contributed by atoms with E-state index in [0.29, 0.717) is 38.2 Å². The molecule has 0 unspecified atom stereocenters. The Morgan fingerprint density at radius 1 is 1.35 bits per heavy atom. The zero-order valence-electron chi connectivity index (χ0n) is 13.1. The van der Waals surface area contributed by atoms with Crippen LogP contribution in [0.2, 0.25) is 0 Å². The van der Waals surface area contributed by atoms with Crippen molar-refractivity contribution in [3.63, 3.8) is 0 Å². The molecule has 23 heavy (non-hydrogen) atoms. The molecule has 0 bridgehead atoms. The summed E-state index contributed by atoms with van der Waals surface area (Å²) in [6, 6.07) is 5.44. The number of thiophene rings is 1. The van der Waals surface area contributed by atoms with Crippen LogP contribution in [0.3, 0.4) is 0 Å². The predicted molar refractivity (Wildman–Crippen MR) is 88.2 cm³/mol. The highest BCUT2D eigenvalue weighted by Crippen LogP contribution is 2.20. The molecule has 3 heterocycles. The van der Waals surface area contributed by atoms with Crippen LogP contribution in [0.15, 0.2) is 34.3 Å². The smallest absolute Gasteiger partial charge is 0.289 e. The number of likely N-dealkylation sites (tertiary alicyclic amines) is 1. The number of carbonyl (C=O) groups excluding carboxylic acids is 2. The van der Waals surface area contributed by atoms with Crippen LogP contribution in [0.1, 0.15) is 33.8 Å². The quantitative estimate of drug-likeness (QED) is 0.936. The van der Waals surface area contributed by atoms with Crippen LogP contribution >= 0.6 is 11.3 Å². The third-order valence-corrected chi connectivity index (χ3v) is 5.30. The summed E-state index contributed by atoms with van der Waals surface area (Å²) < 4.78 is 5.14. The van der Waals surface area contributed by atoms with Crippen LogP contribution in [0, 0.1) is 12.8 Å². The molecule has 0 spiro atoms. The van der Waals surface area contributed by atoms with Gasteiger partial charge in [0.1, 0.15) is 0 Å². The fourth-order valence-corrected chi connectivity index (χ4v) is 3.64. The Labute approximate surface area is 139 Å². The van der Waals surface area contributed by atoms with Crippen molar-refractivity contribution in [1.82, 2.24) is 10.2 Å². The predicted octanol–water partition coefficient (Wildman–Crippen LogP) is 2.82. The number of rotatable bonds is 4. The Kier molecular flexibility index (Phi) is 4.81. The normalized spacial score (nSPS) is 15.6. The Morgan fingerprint density at radius 3 is 2.74 bits per heavy atom. The van der Waals surface area contributed by atoms with Gasteiger partial charge in [0.25, 0.3) is 5.91 Å². The van der Waals surface area contributed by atoms with E-state index in [2.05, 4.69) is 18.3 Å². The van der Waals surface area contributed by atoms with E-state index < -0.39 is 0 Å². The number of nitrogens with zero attached hydrogens (tertiary/aromatic N) is 1. The summed E-state index contributed by atoms with van der Waals surface area (Å²) in [5.74, 6) is 0.336. The average molecular weight is 332 g/mol. The van der Waals surface area contributed by atoms with Gasteiger partial charge in [0, 0.05) is 23.9 Å². The first-order valence-electron chi connectivity index (χ1n) is 7.78. The van der Waals surface area contributed by atoms with Crippen LogP contribution in [0.4, 0.5) is 0 Å². The molecule has 3 rings (SSSR count). The lowest BCUT2D eigenvalue weighted by atomic mass is 9.95. The maximum atomic E-state index is 12.3. The monoisotopic (exact) mass is 332 g/mol. The van der Waals surface area contributed by atoms with E-state index in [1.54, 1.807) is 28.4 Å². The van der Waals surface area contributed by atoms with Gasteiger partial charge in [-0.2, -0.15) is 0 Å². The first kappa shape index (κ1) is 15.8. The van der Waals surface area contributed by atoms with Crippen molar-refractivity contribution >= 4 is 23.2 Å². The second kappa shape index (κ2) is 7.00. The first-order chi connectivity index (χ1) is 11.1. The molecule has 1 aliphatic heterocycles. The summed E-state index contributed by atoms with van der Waals surface area (Å²) in [5.41, 5.74) is 1.22. The SMILES string of the molecule is Cc1ccsc1CNC(=O)C1CCN(C(=O)c2ccco2)CC1. The Hall–Kier alpha value is -2.08. The molecule has 6 heteroatoms.